The van der Waals surface area contributed by atoms with Crippen molar-refractivity contribution >= 4 is 53.8 Å². The van der Waals surface area contributed by atoms with Crippen molar-refractivity contribution in [2.45, 2.75) is 39.0 Å². The van der Waals surface area contributed by atoms with Gasteiger partial charge in [0.25, 0.3) is 0 Å². The van der Waals surface area contributed by atoms with Crippen LogP contribution in [0.3, 0.4) is 0 Å². The molecule has 0 fully saturated rings. The molecule has 0 unspecified atom stereocenters. The van der Waals surface area contributed by atoms with Crippen LogP contribution >= 0.6 is 34.4 Å². The predicted octanol–water partition coefficient (Wildman–Crippen LogP) is 4.95. The summed E-state index contributed by atoms with van der Waals surface area (Å²) in [5.41, 5.74) is 0. The maximum absolute atomic E-state index is 2.56. The molecule has 1 aromatic rings. The Morgan fingerprint density at radius 2 is 1.89 bits per heavy atom. The Kier molecular flexibility index (Phi) is 9.56. The van der Waals surface area contributed by atoms with Crippen molar-refractivity contribution in [3.63, 3.8) is 0 Å². The molecule has 0 bridgehead atoms. The first kappa shape index (κ1) is 16.6. The molecule has 100 valence electrons. The van der Waals surface area contributed by atoms with Crippen LogP contribution in [0.2, 0.25) is 0 Å². The van der Waals surface area contributed by atoms with Gasteiger partial charge in [0.15, 0.2) is 0 Å². The molecular formula is C15H21ISSe. The third-order valence-corrected chi connectivity index (χ3v) is 8.95. The van der Waals surface area contributed by atoms with Gasteiger partial charge in [-0.2, -0.15) is 0 Å². The first-order valence-corrected chi connectivity index (χ1v) is 10.4. The zero-order valence-corrected chi connectivity index (χ0v) is 15.8. The number of thioether (sulfide) groups is 1. The fourth-order valence-corrected chi connectivity index (χ4v) is 6.17. The minimum atomic E-state index is 0.488. The van der Waals surface area contributed by atoms with Crippen molar-refractivity contribution in [2.24, 2.45) is 0 Å². The summed E-state index contributed by atoms with van der Waals surface area (Å²) >= 11 is 4.98. The normalized spacial score (nSPS) is 12.4. The van der Waals surface area contributed by atoms with Crippen LogP contribution in [0.1, 0.15) is 39.0 Å². The Morgan fingerprint density at radius 3 is 2.50 bits per heavy atom. The van der Waals surface area contributed by atoms with Crippen LogP contribution in [-0.4, -0.2) is 21.2 Å². The predicted molar refractivity (Wildman–Crippen MR) is 95.2 cm³/mol. The Hall–Kier alpha value is 0.559. The number of allylic oxidation sites excluding steroid dienone is 1. The van der Waals surface area contributed by atoms with E-state index in [1.54, 1.807) is 7.38 Å². The zero-order chi connectivity index (χ0) is 13.2. The third-order valence-electron chi connectivity index (χ3n) is 2.61. The number of benzene rings is 1. The average Bonchev–Trinajstić information content (AvgIpc) is 2.42. The Balaban J connectivity index is 2.52. The van der Waals surface area contributed by atoms with E-state index in [4.69, 9.17) is 0 Å². The van der Waals surface area contributed by atoms with Crippen molar-refractivity contribution in [1.29, 1.82) is 0 Å². The van der Waals surface area contributed by atoms with E-state index in [1.165, 1.54) is 36.6 Å². The molecule has 0 radical (unpaired) electrons. The van der Waals surface area contributed by atoms with E-state index in [0.717, 1.165) is 0 Å². The van der Waals surface area contributed by atoms with E-state index in [0.29, 0.717) is 15.0 Å². The minimum absolute atomic E-state index is 0.488. The van der Waals surface area contributed by atoms with Crippen molar-refractivity contribution in [3.8, 4) is 0 Å². The quantitative estimate of drug-likeness (QED) is 0.314. The van der Waals surface area contributed by atoms with Gasteiger partial charge in [0.2, 0.25) is 0 Å². The van der Waals surface area contributed by atoms with Gasteiger partial charge in [-0.15, -0.1) is 0 Å². The van der Waals surface area contributed by atoms with Crippen molar-refractivity contribution < 1.29 is 0 Å². The number of hydrogen-bond acceptors (Lipinski definition) is 1. The van der Waals surface area contributed by atoms with E-state index in [9.17, 15) is 0 Å². The van der Waals surface area contributed by atoms with Crippen molar-refractivity contribution in [3.05, 3.63) is 37.7 Å². The maximum atomic E-state index is 2.56. The van der Waals surface area contributed by atoms with Gasteiger partial charge in [0.05, 0.1) is 0 Å². The van der Waals surface area contributed by atoms with E-state index in [1.807, 2.05) is 11.8 Å². The van der Waals surface area contributed by atoms with Crippen LogP contribution in [0.25, 0.3) is 0 Å². The van der Waals surface area contributed by atoms with Gasteiger partial charge in [-0.1, -0.05) is 0 Å². The summed E-state index contributed by atoms with van der Waals surface area (Å²) in [6, 6.07) is 10.9. The monoisotopic (exact) mass is 440 g/mol. The second-order valence-electron chi connectivity index (χ2n) is 4.12. The second-order valence-corrected chi connectivity index (χ2v) is 9.10. The van der Waals surface area contributed by atoms with Gasteiger partial charge in [-0.3, -0.25) is 0 Å². The Morgan fingerprint density at radius 1 is 1.17 bits per heavy atom. The summed E-state index contributed by atoms with van der Waals surface area (Å²) in [7, 11) is 0. The molecule has 0 aliphatic carbocycles. The Labute approximate surface area is 136 Å². The summed E-state index contributed by atoms with van der Waals surface area (Å²) in [5, 5.41) is 0. The summed E-state index contributed by atoms with van der Waals surface area (Å²) in [4.78, 5) is 0. The SMILES string of the molecule is CCCCCC/C(I)=C(/SC)[Se]c1ccccc1. The average molecular weight is 439 g/mol. The number of hydrogen-bond donors (Lipinski definition) is 0. The van der Waals surface area contributed by atoms with E-state index < -0.39 is 0 Å². The molecule has 0 amide bonds. The summed E-state index contributed by atoms with van der Waals surface area (Å²) in [6.45, 7) is 2.27. The molecule has 0 N–H and O–H groups in total. The summed E-state index contributed by atoms with van der Waals surface area (Å²) in [6.07, 6.45) is 8.91. The van der Waals surface area contributed by atoms with Crippen molar-refractivity contribution in [2.75, 3.05) is 6.26 Å². The molecule has 0 heterocycles. The second kappa shape index (κ2) is 10.4. The molecule has 0 aromatic heterocycles. The molecule has 1 aromatic carbocycles. The van der Waals surface area contributed by atoms with Gasteiger partial charge >= 0.3 is 137 Å². The fraction of sp³-hybridized carbons (Fsp3) is 0.467. The standard InChI is InChI=1S/C15H21ISSe/c1-3-4-5-9-12-14(16)15(17-2)18-13-10-7-6-8-11-13/h6-8,10-11H,3-5,9,12H2,1-2H3/b15-14+. The van der Waals surface area contributed by atoms with Crippen molar-refractivity contribution in [1.82, 2.24) is 0 Å². The molecular weight excluding hydrogens is 418 g/mol. The summed E-state index contributed by atoms with van der Waals surface area (Å²) in [5.74, 6) is 0. The fourth-order valence-electron chi connectivity index (χ4n) is 1.61. The molecule has 0 aliphatic heterocycles. The molecule has 0 spiro atoms. The molecule has 0 aliphatic rings. The van der Waals surface area contributed by atoms with E-state index >= 15 is 0 Å². The molecule has 3 heteroatoms. The molecule has 18 heavy (non-hydrogen) atoms. The molecule has 0 saturated carbocycles. The molecule has 0 atom stereocenters. The van der Waals surface area contributed by atoms with Crippen LogP contribution in [0.5, 0.6) is 0 Å². The van der Waals surface area contributed by atoms with Crippen LogP contribution in [-0.2, 0) is 0 Å². The number of halogens is 1. The van der Waals surface area contributed by atoms with Gasteiger partial charge in [0.1, 0.15) is 0 Å². The van der Waals surface area contributed by atoms with Crippen LogP contribution in [0.15, 0.2) is 37.7 Å². The molecule has 1 rings (SSSR count). The third kappa shape index (κ3) is 6.65. The van der Waals surface area contributed by atoms with Crippen LogP contribution in [0.4, 0.5) is 0 Å². The first-order chi connectivity index (χ1) is 8.77. The van der Waals surface area contributed by atoms with Gasteiger partial charge in [0, 0.05) is 0 Å². The number of rotatable bonds is 8. The van der Waals surface area contributed by atoms with E-state index in [2.05, 4.69) is 66.1 Å². The summed E-state index contributed by atoms with van der Waals surface area (Å²) < 4.78 is 4.67. The molecule has 0 nitrogen and oxygen atoms in total. The topological polar surface area (TPSA) is 0 Å². The van der Waals surface area contributed by atoms with E-state index in [-0.39, 0.29) is 0 Å². The van der Waals surface area contributed by atoms with Gasteiger partial charge in [-0.05, 0) is 0 Å². The first-order valence-electron chi connectivity index (χ1n) is 6.43. The zero-order valence-electron chi connectivity index (χ0n) is 11.1. The van der Waals surface area contributed by atoms with Gasteiger partial charge < -0.3 is 0 Å². The molecule has 0 saturated heterocycles. The van der Waals surface area contributed by atoms with Crippen LogP contribution in [0, 0.1) is 0 Å². The van der Waals surface area contributed by atoms with Gasteiger partial charge in [-0.25, -0.2) is 0 Å². The number of unbranched alkanes of at least 4 members (excludes halogenated alkanes) is 3. The van der Waals surface area contributed by atoms with Crippen LogP contribution < -0.4 is 4.46 Å². The Bertz CT molecular complexity index is 362.